The quantitative estimate of drug-likeness (QED) is 0.536. The molecule has 1 fully saturated rings. The molecule has 1 saturated heterocycles. The third-order valence-electron chi connectivity index (χ3n) is 6.16. The Morgan fingerprint density at radius 3 is 2.65 bits per heavy atom. The van der Waals surface area contributed by atoms with Crippen LogP contribution in [0.2, 0.25) is 0 Å². The van der Waals surface area contributed by atoms with Crippen LogP contribution < -0.4 is 5.32 Å². The standard InChI is InChI=1S/C24H29N7OS.ClH/c1-15(2)17-5-6-22(26-11-17)31-12-18(10-25)23(29-31)21-9-19(7-8-30(21)16(3)4)28-24(32)20-13-33-14-27-20;/h5-6,11-16,19,21H,7-9H2,1-4H3,(H,28,32);1H. The molecule has 2 atom stereocenters. The number of halogens is 1. The molecule has 0 aliphatic carbocycles. The molecule has 3 aromatic rings. The summed E-state index contributed by atoms with van der Waals surface area (Å²) in [5.41, 5.74) is 4.52. The van der Waals surface area contributed by atoms with Crippen molar-refractivity contribution in [1.29, 1.82) is 5.26 Å². The maximum absolute atomic E-state index is 12.6. The number of aromatic nitrogens is 4. The monoisotopic (exact) mass is 499 g/mol. The number of nitrogens with zero attached hydrogens (tertiary/aromatic N) is 6. The van der Waals surface area contributed by atoms with Crippen molar-refractivity contribution in [2.24, 2.45) is 0 Å². The minimum absolute atomic E-state index is 0. The van der Waals surface area contributed by atoms with Crippen LogP contribution in [0.5, 0.6) is 0 Å². The summed E-state index contributed by atoms with van der Waals surface area (Å²) in [7, 11) is 0. The molecule has 4 heterocycles. The minimum Gasteiger partial charge on any atom is -0.348 e. The minimum atomic E-state index is -0.154. The van der Waals surface area contributed by atoms with Crippen LogP contribution in [0.15, 0.2) is 35.4 Å². The highest BCUT2D eigenvalue weighted by atomic mass is 35.5. The summed E-state index contributed by atoms with van der Waals surface area (Å²) in [6, 6.07) is 6.49. The average Bonchev–Trinajstić information content (AvgIpc) is 3.49. The third kappa shape index (κ3) is 5.46. The van der Waals surface area contributed by atoms with Gasteiger partial charge >= 0.3 is 0 Å². The Bertz CT molecular complexity index is 1140. The van der Waals surface area contributed by atoms with Crippen LogP contribution in [0.25, 0.3) is 5.82 Å². The topological polar surface area (TPSA) is 99.7 Å². The van der Waals surface area contributed by atoms with Crippen LogP contribution in [0.1, 0.15) is 79.8 Å². The number of hydrogen-bond acceptors (Lipinski definition) is 7. The van der Waals surface area contributed by atoms with Crippen LogP contribution in [-0.2, 0) is 0 Å². The van der Waals surface area contributed by atoms with Gasteiger partial charge in [0.15, 0.2) is 5.82 Å². The first-order chi connectivity index (χ1) is 15.9. The molecule has 1 aliphatic heterocycles. The molecule has 180 valence electrons. The maximum Gasteiger partial charge on any atom is 0.270 e. The number of likely N-dealkylation sites (tertiary alicyclic amines) is 1. The lowest BCUT2D eigenvalue weighted by atomic mass is 9.92. The highest BCUT2D eigenvalue weighted by molar-refractivity contribution is 7.07. The van der Waals surface area contributed by atoms with E-state index in [1.807, 2.05) is 18.3 Å². The molecule has 2 unspecified atom stereocenters. The number of thiazole rings is 1. The molecule has 34 heavy (non-hydrogen) atoms. The molecule has 0 bridgehead atoms. The summed E-state index contributed by atoms with van der Waals surface area (Å²) in [6.45, 7) is 9.36. The van der Waals surface area contributed by atoms with Gasteiger partial charge < -0.3 is 5.32 Å². The zero-order valence-electron chi connectivity index (χ0n) is 19.8. The van der Waals surface area contributed by atoms with Crippen molar-refractivity contribution in [2.75, 3.05) is 6.54 Å². The van der Waals surface area contributed by atoms with Crippen molar-refractivity contribution in [3.05, 3.63) is 57.9 Å². The zero-order chi connectivity index (χ0) is 23.5. The fourth-order valence-corrected chi connectivity index (χ4v) is 4.83. The van der Waals surface area contributed by atoms with E-state index in [0.29, 0.717) is 29.4 Å². The van der Waals surface area contributed by atoms with Gasteiger partial charge in [0.05, 0.1) is 29.0 Å². The number of pyridine rings is 1. The van der Waals surface area contributed by atoms with Gasteiger partial charge in [0.25, 0.3) is 5.91 Å². The predicted octanol–water partition coefficient (Wildman–Crippen LogP) is 4.48. The highest BCUT2D eigenvalue weighted by Gasteiger charge is 2.35. The number of carbonyl (C=O) groups is 1. The smallest absolute Gasteiger partial charge is 0.270 e. The molecule has 3 aromatic heterocycles. The van der Waals surface area contributed by atoms with Crippen molar-refractivity contribution in [1.82, 2.24) is 30.0 Å². The second kappa shape index (κ2) is 11.1. The van der Waals surface area contributed by atoms with Gasteiger partial charge in [-0.05, 0) is 44.2 Å². The number of piperidine rings is 1. The number of nitriles is 1. The maximum atomic E-state index is 12.6. The van der Waals surface area contributed by atoms with Crippen molar-refractivity contribution >= 4 is 29.7 Å². The number of amides is 1. The molecule has 0 radical (unpaired) electrons. The lowest BCUT2D eigenvalue weighted by Crippen LogP contribution is -2.48. The molecular formula is C24H30ClN7OS. The largest absolute Gasteiger partial charge is 0.348 e. The van der Waals surface area contributed by atoms with Gasteiger partial charge in [0.2, 0.25) is 0 Å². The first kappa shape index (κ1) is 25.8. The SMILES string of the molecule is CC(C)c1ccc(-n2cc(C#N)c(C3CC(NC(=O)c4cscn4)CCN3C(C)C)n2)nc1.Cl. The van der Waals surface area contributed by atoms with E-state index in [1.54, 1.807) is 21.8 Å². The summed E-state index contributed by atoms with van der Waals surface area (Å²) in [4.78, 5) is 23.6. The summed E-state index contributed by atoms with van der Waals surface area (Å²) < 4.78 is 1.69. The summed E-state index contributed by atoms with van der Waals surface area (Å²) in [6.07, 6.45) is 5.13. The molecule has 1 N–H and O–H groups in total. The van der Waals surface area contributed by atoms with E-state index in [9.17, 15) is 10.1 Å². The number of nitrogens with one attached hydrogen (secondary N) is 1. The van der Waals surface area contributed by atoms with Gasteiger partial charge in [-0.2, -0.15) is 10.4 Å². The zero-order valence-corrected chi connectivity index (χ0v) is 21.4. The first-order valence-corrected chi connectivity index (χ1v) is 12.2. The van der Waals surface area contributed by atoms with E-state index in [4.69, 9.17) is 5.10 Å². The molecular weight excluding hydrogens is 470 g/mol. The third-order valence-corrected chi connectivity index (χ3v) is 6.74. The molecule has 8 nitrogen and oxygen atoms in total. The second-order valence-corrected chi connectivity index (χ2v) is 9.72. The first-order valence-electron chi connectivity index (χ1n) is 11.3. The van der Waals surface area contributed by atoms with E-state index in [2.05, 4.69) is 53.9 Å². The van der Waals surface area contributed by atoms with Crippen molar-refractivity contribution in [2.45, 2.75) is 64.6 Å². The van der Waals surface area contributed by atoms with Crippen molar-refractivity contribution in [3.63, 3.8) is 0 Å². The summed E-state index contributed by atoms with van der Waals surface area (Å²) in [5.74, 6) is 0.925. The molecule has 10 heteroatoms. The van der Waals surface area contributed by atoms with Crippen molar-refractivity contribution < 1.29 is 4.79 Å². The normalized spacial score (nSPS) is 18.5. The molecule has 0 spiro atoms. The number of rotatable bonds is 6. The van der Waals surface area contributed by atoms with E-state index in [0.717, 1.165) is 24.2 Å². The van der Waals surface area contributed by atoms with E-state index >= 15 is 0 Å². The van der Waals surface area contributed by atoms with Crippen LogP contribution in [0.3, 0.4) is 0 Å². The fourth-order valence-electron chi connectivity index (χ4n) is 4.30. The fraction of sp³-hybridized carbons (Fsp3) is 0.458. The van der Waals surface area contributed by atoms with Gasteiger partial charge in [-0.1, -0.05) is 19.9 Å². The molecule has 0 saturated carbocycles. The van der Waals surface area contributed by atoms with Gasteiger partial charge in [-0.15, -0.1) is 23.7 Å². The Hall–Kier alpha value is -2.80. The van der Waals surface area contributed by atoms with Crippen molar-refractivity contribution in [3.8, 4) is 11.9 Å². The van der Waals surface area contributed by atoms with Crippen LogP contribution in [0.4, 0.5) is 0 Å². The average molecular weight is 500 g/mol. The molecule has 0 aromatic carbocycles. The van der Waals surface area contributed by atoms with E-state index in [1.165, 1.54) is 11.3 Å². The Kier molecular flexibility index (Phi) is 8.42. The van der Waals surface area contributed by atoms with E-state index < -0.39 is 0 Å². The molecule has 4 rings (SSSR count). The predicted molar refractivity (Wildman–Crippen MR) is 135 cm³/mol. The lowest BCUT2D eigenvalue weighted by molar-refractivity contribution is 0.0760. The molecule has 1 aliphatic rings. The second-order valence-electron chi connectivity index (χ2n) is 9.00. The molecule has 1 amide bonds. The van der Waals surface area contributed by atoms with Gasteiger partial charge in [0, 0.05) is 30.2 Å². The van der Waals surface area contributed by atoms with Gasteiger partial charge in [-0.25, -0.2) is 14.6 Å². The lowest BCUT2D eigenvalue weighted by Gasteiger charge is -2.41. The van der Waals surface area contributed by atoms with Gasteiger partial charge in [0.1, 0.15) is 11.8 Å². The summed E-state index contributed by atoms with van der Waals surface area (Å²) in [5, 5.41) is 19.6. The Morgan fingerprint density at radius 1 is 1.26 bits per heavy atom. The Morgan fingerprint density at radius 2 is 2.06 bits per heavy atom. The Labute approximate surface area is 210 Å². The van der Waals surface area contributed by atoms with E-state index in [-0.39, 0.29) is 36.4 Å². The van der Waals surface area contributed by atoms with Crippen LogP contribution in [-0.4, -0.2) is 49.2 Å². The Balaban J connectivity index is 0.00000324. The summed E-state index contributed by atoms with van der Waals surface area (Å²) >= 11 is 1.40. The van der Waals surface area contributed by atoms with Gasteiger partial charge in [-0.3, -0.25) is 9.69 Å². The highest BCUT2D eigenvalue weighted by Crippen LogP contribution is 2.34. The number of carbonyl (C=O) groups excluding carboxylic acids is 1. The number of hydrogen-bond donors (Lipinski definition) is 1. The van der Waals surface area contributed by atoms with Crippen LogP contribution >= 0.6 is 23.7 Å². The van der Waals surface area contributed by atoms with Crippen LogP contribution in [0, 0.1) is 11.3 Å².